The van der Waals surface area contributed by atoms with Crippen LogP contribution in [0.25, 0.3) is 11.1 Å². The van der Waals surface area contributed by atoms with Gasteiger partial charge in [-0.2, -0.15) is 0 Å². The Hall–Kier alpha value is -2.03. The van der Waals surface area contributed by atoms with Crippen LogP contribution in [0, 0.1) is 5.82 Å². The second-order valence-corrected chi connectivity index (χ2v) is 4.39. The molecule has 0 heterocycles. The topological polar surface area (TPSA) is 29.5 Å². The largest absolute Gasteiger partial charge is 0.508 e. The lowest BCUT2D eigenvalue weighted by atomic mass is 10.1. The molecule has 1 N–H and O–H groups in total. The van der Waals surface area contributed by atoms with Gasteiger partial charge in [0.05, 0.1) is 6.10 Å². The second kappa shape index (κ2) is 5.08. The number of hydrogen-bond donors (Lipinski definition) is 1. The van der Waals surface area contributed by atoms with Gasteiger partial charge in [0.1, 0.15) is 17.3 Å². The molecule has 2 aromatic rings. The molecule has 2 aromatic carbocycles. The van der Waals surface area contributed by atoms with Gasteiger partial charge in [0.2, 0.25) is 0 Å². The fourth-order valence-electron chi connectivity index (χ4n) is 1.76. The van der Waals surface area contributed by atoms with Crippen molar-refractivity contribution < 1.29 is 14.2 Å². The smallest absolute Gasteiger partial charge is 0.127 e. The average Bonchev–Trinajstić information content (AvgIpc) is 2.27. The molecule has 0 radical (unpaired) electrons. The van der Waals surface area contributed by atoms with Crippen molar-refractivity contribution in [2.75, 3.05) is 0 Å². The molecule has 0 aliphatic heterocycles. The average molecular weight is 246 g/mol. The van der Waals surface area contributed by atoms with Crippen molar-refractivity contribution in [3.05, 3.63) is 48.3 Å². The predicted molar refractivity (Wildman–Crippen MR) is 69.3 cm³/mol. The van der Waals surface area contributed by atoms with Crippen molar-refractivity contribution in [3.8, 4) is 22.6 Å². The Balaban J connectivity index is 2.38. The van der Waals surface area contributed by atoms with E-state index in [0.717, 1.165) is 17.4 Å². The van der Waals surface area contributed by atoms with E-state index in [1.54, 1.807) is 0 Å². The molecular weight excluding hydrogens is 231 g/mol. The molecule has 0 fully saturated rings. The monoisotopic (exact) mass is 246 g/mol. The minimum absolute atomic E-state index is 0.0832. The van der Waals surface area contributed by atoms with Crippen molar-refractivity contribution in [1.29, 1.82) is 0 Å². The molecule has 0 amide bonds. The van der Waals surface area contributed by atoms with Gasteiger partial charge in [0.25, 0.3) is 0 Å². The maximum atomic E-state index is 13.2. The summed E-state index contributed by atoms with van der Waals surface area (Å²) in [5, 5.41) is 9.40. The van der Waals surface area contributed by atoms with Crippen LogP contribution in [0.15, 0.2) is 42.5 Å². The number of hydrogen-bond acceptors (Lipinski definition) is 2. The van der Waals surface area contributed by atoms with E-state index in [1.165, 1.54) is 12.1 Å². The van der Waals surface area contributed by atoms with Crippen LogP contribution >= 0.6 is 0 Å². The van der Waals surface area contributed by atoms with E-state index in [-0.39, 0.29) is 11.9 Å². The Labute approximate surface area is 106 Å². The van der Waals surface area contributed by atoms with Gasteiger partial charge in [0, 0.05) is 6.07 Å². The molecule has 0 aliphatic carbocycles. The predicted octanol–water partition coefficient (Wildman–Crippen LogP) is 3.99. The molecule has 0 aromatic heterocycles. The Morgan fingerprint density at radius 2 is 1.83 bits per heavy atom. The number of halogens is 1. The first-order valence-electron chi connectivity index (χ1n) is 5.81. The van der Waals surface area contributed by atoms with Gasteiger partial charge in [0.15, 0.2) is 0 Å². The maximum Gasteiger partial charge on any atom is 0.127 e. The molecule has 2 rings (SSSR count). The summed E-state index contributed by atoms with van der Waals surface area (Å²) >= 11 is 0. The van der Waals surface area contributed by atoms with Gasteiger partial charge in [-0.1, -0.05) is 12.1 Å². The van der Waals surface area contributed by atoms with Gasteiger partial charge >= 0.3 is 0 Å². The lowest BCUT2D eigenvalue weighted by molar-refractivity contribution is 0.242. The van der Waals surface area contributed by atoms with Gasteiger partial charge in [-0.3, -0.25) is 0 Å². The zero-order valence-corrected chi connectivity index (χ0v) is 10.4. The standard InChI is InChI=1S/C15H15FO2/c1-10(2)18-15-5-3-4-11(8-15)12-6-13(16)9-14(17)7-12/h3-10,17H,1-2H3. The Morgan fingerprint density at radius 1 is 1.06 bits per heavy atom. The molecule has 0 saturated carbocycles. The fourth-order valence-corrected chi connectivity index (χ4v) is 1.76. The van der Waals surface area contributed by atoms with Crippen molar-refractivity contribution in [2.24, 2.45) is 0 Å². The normalized spacial score (nSPS) is 10.7. The summed E-state index contributed by atoms with van der Waals surface area (Å²) in [6, 6.07) is 11.4. The highest BCUT2D eigenvalue weighted by Gasteiger charge is 2.05. The van der Waals surface area contributed by atoms with Gasteiger partial charge in [-0.05, 0) is 49.2 Å². The number of rotatable bonds is 3. The SMILES string of the molecule is CC(C)Oc1cccc(-c2cc(O)cc(F)c2)c1. The fraction of sp³-hybridized carbons (Fsp3) is 0.200. The van der Waals surface area contributed by atoms with Crippen LogP contribution in [-0.4, -0.2) is 11.2 Å². The summed E-state index contributed by atoms with van der Waals surface area (Å²) < 4.78 is 18.8. The minimum Gasteiger partial charge on any atom is -0.508 e. The van der Waals surface area contributed by atoms with Crippen LogP contribution in [0.1, 0.15) is 13.8 Å². The second-order valence-electron chi connectivity index (χ2n) is 4.39. The third kappa shape index (κ3) is 3.00. The summed E-state index contributed by atoms with van der Waals surface area (Å²) in [6.45, 7) is 3.89. The number of ether oxygens (including phenoxy) is 1. The molecule has 94 valence electrons. The van der Waals surface area contributed by atoms with E-state index in [4.69, 9.17) is 4.74 Å². The number of phenolic OH excluding ortho intramolecular Hbond substituents is 1. The van der Waals surface area contributed by atoms with Crippen molar-refractivity contribution >= 4 is 0 Å². The highest BCUT2D eigenvalue weighted by Crippen LogP contribution is 2.27. The first-order chi connectivity index (χ1) is 8.54. The van der Waals surface area contributed by atoms with Crippen LogP contribution in [0.4, 0.5) is 4.39 Å². The quantitative estimate of drug-likeness (QED) is 0.887. The molecular formula is C15H15FO2. The molecule has 0 spiro atoms. The van der Waals surface area contributed by atoms with Crippen molar-refractivity contribution in [2.45, 2.75) is 20.0 Å². The first-order valence-corrected chi connectivity index (χ1v) is 5.81. The van der Waals surface area contributed by atoms with Gasteiger partial charge < -0.3 is 9.84 Å². The van der Waals surface area contributed by atoms with E-state index in [0.29, 0.717) is 5.56 Å². The summed E-state index contributed by atoms with van der Waals surface area (Å²) in [4.78, 5) is 0. The zero-order chi connectivity index (χ0) is 13.1. The highest BCUT2D eigenvalue weighted by atomic mass is 19.1. The van der Waals surface area contributed by atoms with Crippen LogP contribution in [-0.2, 0) is 0 Å². The van der Waals surface area contributed by atoms with Crippen LogP contribution in [0.5, 0.6) is 11.5 Å². The molecule has 3 heteroatoms. The van der Waals surface area contributed by atoms with Gasteiger partial charge in [-0.25, -0.2) is 4.39 Å². The minimum atomic E-state index is -0.458. The Bertz CT molecular complexity index is 530. The van der Waals surface area contributed by atoms with E-state index >= 15 is 0 Å². The third-order valence-corrected chi connectivity index (χ3v) is 2.42. The molecule has 0 saturated heterocycles. The summed E-state index contributed by atoms with van der Waals surface area (Å²) in [7, 11) is 0. The van der Waals surface area contributed by atoms with E-state index < -0.39 is 5.82 Å². The lowest BCUT2D eigenvalue weighted by Crippen LogP contribution is -2.05. The zero-order valence-electron chi connectivity index (χ0n) is 10.4. The molecule has 0 bridgehead atoms. The van der Waals surface area contributed by atoms with Crippen LogP contribution < -0.4 is 4.74 Å². The van der Waals surface area contributed by atoms with Crippen molar-refractivity contribution in [1.82, 2.24) is 0 Å². The summed E-state index contributed by atoms with van der Waals surface area (Å²) in [5.41, 5.74) is 1.43. The molecule has 18 heavy (non-hydrogen) atoms. The number of benzene rings is 2. The van der Waals surface area contributed by atoms with E-state index in [9.17, 15) is 9.50 Å². The van der Waals surface area contributed by atoms with Crippen LogP contribution in [0.3, 0.4) is 0 Å². The number of aromatic hydroxyl groups is 1. The third-order valence-electron chi connectivity index (χ3n) is 2.42. The van der Waals surface area contributed by atoms with E-state index in [1.807, 2.05) is 38.1 Å². The molecule has 2 nitrogen and oxygen atoms in total. The van der Waals surface area contributed by atoms with E-state index in [2.05, 4.69) is 0 Å². The van der Waals surface area contributed by atoms with Crippen LogP contribution in [0.2, 0.25) is 0 Å². The molecule has 0 aliphatic rings. The van der Waals surface area contributed by atoms with Crippen molar-refractivity contribution in [3.63, 3.8) is 0 Å². The Kier molecular flexibility index (Phi) is 3.51. The maximum absolute atomic E-state index is 13.2. The van der Waals surface area contributed by atoms with Gasteiger partial charge in [-0.15, -0.1) is 0 Å². The summed E-state index contributed by atoms with van der Waals surface area (Å²) in [6.07, 6.45) is 0.0844. The molecule has 0 unspecified atom stereocenters. The first kappa shape index (κ1) is 12.4. The lowest BCUT2D eigenvalue weighted by Gasteiger charge is -2.11. The summed E-state index contributed by atoms with van der Waals surface area (Å²) in [5.74, 6) is 0.187. The Morgan fingerprint density at radius 3 is 2.50 bits per heavy atom. The molecule has 0 atom stereocenters. The number of phenols is 1. The highest BCUT2D eigenvalue weighted by molar-refractivity contribution is 5.66.